The fourth-order valence-corrected chi connectivity index (χ4v) is 3.99. The fourth-order valence-electron chi connectivity index (χ4n) is 3.99. The van der Waals surface area contributed by atoms with Crippen molar-refractivity contribution in [3.8, 4) is 0 Å². The van der Waals surface area contributed by atoms with Gasteiger partial charge in [-0.15, -0.1) is 0 Å². The van der Waals surface area contributed by atoms with Gasteiger partial charge in [0.15, 0.2) is 0 Å². The highest BCUT2D eigenvalue weighted by Gasteiger charge is 2.36. The van der Waals surface area contributed by atoms with Crippen molar-refractivity contribution < 1.29 is 9.59 Å². The molecule has 1 aromatic rings. The number of nitrogens with zero attached hydrogens (tertiary/aromatic N) is 4. The molecule has 1 atom stereocenters. The highest BCUT2D eigenvalue weighted by Crippen LogP contribution is 2.29. The predicted molar refractivity (Wildman–Crippen MR) is 90.5 cm³/mol. The third kappa shape index (κ3) is 3.57. The van der Waals surface area contributed by atoms with Crippen molar-refractivity contribution in [1.29, 1.82) is 0 Å². The number of hydrogen-bond acceptors (Lipinski definition) is 4. The summed E-state index contributed by atoms with van der Waals surface area (Å²) in [6.45, 7) is 5.03. The number of rotatable bonds is 4. The molecule has 1 saturated heterocycles. The number of aromatic nitrogens is 2. The average Bonchev–Trinajstić information content (AvgIpc) is 3.14. The number of likely N-dealkylation sites (tertiary alicyclic amines) is 1. The summed E-state index contributed by atoms with van der Waals surface area (Å²) < 4.78 is 0. The first-order valence-electron chi connectivity index (χ1n) is 8.81. The molecule has 0 spiro atoms. The van der Waals surface area contributed by atoms with Gasteiger partial charge in [0.2, 0.25) is 5.91 Å². The Morgan fingerprint density at radius 3 is 2.67 bits per heavy atom. The van der Waals surface area contributed by atoms with E-state index in [2.05, 4.69) is 14.9 Å². The molecule has 3 rings (SSSR count). The second-order valence-electron chi connectivity index (χ2n) is 7.18. The van der Waals surface area contributed by atoms with E-state index >= 15 is 0 Å². The molecule has 2 amide bonds. The minimum absolute atomic E-state index is 0.102. The van der Waals surface area contributed by atoms with E-state index in [4.69, 9.17) is 0 Å². The Morgan fingerprint density at radius 2 is 2.00 bits per heavy atom. The summed E-state index contributed by atoms with van der Waals surface area (Å²) in [6.07, 6.45) is 5.27. The Kier molecular flexibility index (Phi) is 4.83. The van der Waals surface area contributed by atoms with E-state index in [9.17, 15) is 9.59 Å². The molecule has 2 heterocycles. The highest BCUT2D eigenvalue weighted by molar-refractivity contribution is 5.92. The molecule has 0 aromatic carbocycles. The zero-order valence-corrected chi connectivity index (χ0v) is 14.8. The van der Waals surface area contributed by atoms with Crippen molar-refractivity contribution in [3.05, 3.63) is 23.3 Å². The van der Waals surface area contributed by atoms with Gasteiger partial charge in [-0.3, -0.25) is 9.59 Å². The van der Waals surface area contributed by atoms with Crippen LogP contribution in [0.3, 0.4) is 0 Å². The van der Waals surface area contributed by atoms with Gasteiger partial charge in [-0.1, -0.05) is 12.8 Å². The van der Waals surface area contributed by atoms with Gasteiger partial charge in [-0.25, -0.2) is 9.97 Å². The van der Waals surface area contributed by atoms with Crippen molar-refractivity contribution >= 4 is 11.8 Å². The monoisotopic (exact) mass is 330 g/mol. The molecule has 0 unspecified atom stereocenters. The summed E-state index contributed by atoms with van der Waals surface area (Å²) in [6, 6.07) is 2.15. The molecule has 1 aliphatic heterocycles. The van der Waals surface area contributed by atoms with Gasteiger partial charge in [-0.2, -0.15) is 0 Å². The molecule has 6 heteroatoms. The maximum atomic E-state index is 12.6. The molecular formula is C18H26N4O2. The fraction of sp³-hybridized carbons (Fsp3) is 0.667. The second kappa shape index (κ2) is 6.87. The van der Waals surface area contributed by atoms with Crippen LogP contribution in [0.4, 0.5) is 0 Å². The lowest BCUT2D eigenvalue weighted by molar-refractivity contribution is -0.129. The largest absolute Gasteiger partial charge is 0.340 e. The Bertz CT molecular complexity index is 620. The molecule has 0 radical (unpaired) electrons. The van der Waals surface area contributed by atoms with Crippen LogP contribution in [0.25, 0.3) is 0 Å². The molecule has 0 N–H and O–H groups in total. The predicted octanol–water partition coefficient (Wildman–Crippen LogP) is 1.96. The van der Waals surface area contributed by atoms with Crippen LogP contribution in [0.15, 0.2) is 6.07 Å². The minimum Gasteiger partial charge on any atom is -0.340 e. The molecule has 1 saturated carbocycles. The Hall–Kier alpha value is -1.98. The number of aryl methyl sites for hydroxylation is 2. The van der Waals surface area contributed by atoms with Gasteiger partial charge in [-0.05, 0) is 32.8 Å². The molecule has 1 aromatic heterocycles. The van der Waals surface area contributed by atoms with E-state index in [1.54, 1.807) is 24.9 Å². The zero-order valence-electron chi connectivity index (χ0n) is 14.8. The Labute approximate surface area is 143 Å². The first-order valence-corrected chi connectivity index (χ1v) is 8.81. The lowest BCUT2D eigenvalue weighted by Gasteiger charge is -2.25. The number of hydrogen-bond donors (Lipinski definition) is 0. The van der Waals surface area contributed by atoms with E-state index in [0.717, 1.165) is 25.1 Å². The normalized spacial score (nSPS) is 21.5. The first kappa shape index (κ1) is 16.9. The molecule has 24 heavy (non-hydrogen) atoms. The summed E-state index contributed by atoms with van der Waals surface area (Å²) in [5, 5.41) is 0. The standard InChI is InChI=1S/C18H26N4O2/c1-12-8-16(20-13(2)19-12)18(24)21(3)10-14-9-17(23)22(11-14)15-6-4-5-7-15/h8,14-15H,4-7,9-11H2,1-3H3/t14-/m0/s1. The molecule has 0 bridgehead atoms. The SMILES string of the molecule is Cc1cc(C(=O)N(C)C[C@@H]2CC(=O)N(C3CCCC3)C2)nc(C)n1. The number of amides is 2. The van der Waals surface area contributed by atoms with E-state index < -0.39 is 0 Å². The molecule has 1 aliphatic carbocycles. The van der Waals surface area contributed by atoms with Crippen molar-refractivity contribution in [2.75, 3.05) is 20.1 Å². The van der Waals surface area contributed by atoms with Crippen LogP contribution in [0.5, 0.6) is 0 Å². The van der Waals surface area contributed by atoms with Gasteiger partial charge < -0.3 is 9.80 Å². The average molecular weight is 330 g/mol. The first-order chi connectivity index (χ1) is 11.4. The summed E-state index contributed by atoms with van der Waals surface area (Å²) in [4.78, 5) is 37.1. The minimum atomic E-state index is -0.102. The summed E-state index contributed by atoms with van der Waals surface area (Å²) >= 11 is 0. The molecular weight excluding hydrogens is 304 g/mol. The maximum absolute atomic E-state index is 12.6. The lowest BCUT2D eigenvalue weighted by atomic mass is 10.1. The van der Waals surface area contributed by atoms with Crippen molar-refractivity contribution in [3.63, 3.8) is 0 Å². The second-order valence-corrected chi connectivity index (χ2v) is 7.18. The van der Waals surface area contributed by atoms with Crippen molar-refractivity contribution in [2.45, 2.75) is 52.0 Å². The third-order valence-corrected chi connectivity index (χ3v) is 5.07. The smallest absolute Gasteiger partial charge is 0.272 e. The molecule has 130 valence electrons. The Balaban J connectivity index is 1.61. The summed E-state index contributed by atoms with van der Waals surface area (Å²) in [5.74, 6) is 0.975. The van der Waals surface area contributed by atoms with E-state index in [1.807, 2.05) is 6.92 Å². The topological polar surface area (TPSA) is 66.4 Å². The van der Waals surface area contributed by atoms with Crippen LogP contribution >= 0.6 is 0 Å². The van der Waals surface area contributed by atoms with Crippen LogP contribution in [0, 0.1) is 19.8 Å². The van der Waals surface area contributed by atoms with Gasteiger partial charge in [0.25, 0.3) is 5.91 Å². The van der Waals surface area contributed by atoms with Crippen LogP contribution in [0.1, 0.15) is 54.1 Å². The number of carbonyl (C=O) groups excluding carboxylic acids is 2. The van der Waals surface area contributed by atoms with E-state index in [-0.39, 0.29) is 17.7 Å². The third-order valence-electron chi connectivity index (χ3n) is 5.07. The summed E-state index contributed by atoms with van der Waals surface area (Å²) in [7, 11) is 1.79. The lowest BCUT2D eigenvalue weighted by Crippen LogP contribution is -2.36. The van der Waals surface area contributed by atoms with Crippen molar-refractivity contribution in [2.24, 2.45) is 5.92 Å². The van der Waals surface area contributed by atoms with E-state index in [0.29, 0.717) is 30.5 Å². The summed E-state index contributed by atoms with van der Waals surface area (Å²) in [5.41, 5.74) is 1.22. The van der Waals surface area contributed by atoms with Gasteiger partial charge in [0, 0.05) is 44.2 Å². The van der Waals surface area contributed by atoms with E-state index in [1.165, 1.54) is 12.8 Å². The maximum Gasteiger partial charge on any atom is 0.272 e. The molecule has 2 fully saturated rings. The van der Waals surface area contributed by atoms with Gasteiger partial charge in [0.05, 0.1) is 0 Å². The van der Waals surface area contributed by atoms with Crippen LogP contribution in [-0.4, -0.2) is 57.8 Å². The number of carbonyl (C=O) groups is 2. The van der Waals surface area contributed by atoms with Gasteiger partial charge in [0.1, 0.15) is 11.5 Å². The molecule has 6 nitrogen and oxygen atoms in total. The molecule has 2 aliphatic rings. The van der Waals surface area contributed by atoms with Crippen LogP contribution in [-0.2, 0) is 4.79 Å². The zero-order chi connectivity index (χ0) is 17.3. The Morgan fingerprint density at radius 1 is 1.29 bits per heavy atom. The van der Waals surface area contributed by atoms with Gasteiger partial charge >= 0.3 is 0 Å². The van der Waals surface area contributed by atoms with Crippen molar-refractivity contribution in [1.82, 2.24) is 19.8 Å². The quantitative estimate of drug-likeness (QED) is 0.846. The highest BCUT2D eigenvalue weighted by atomic mass is 16.2. The van der Waals surface area contributed by atoms with Crippen LogP contribution < -0.4 is 0 Å². The van der Waals surface area contributed by atoms with Crippen LogP contribution in [0.2, 0.25) is 0 Å².